The Morgan fingerprint density at radius 3 is 2.92 bits per heavy atom. The minimum absolute atomic E-state index is 0.0223. The lowest BCUT2D eigenvalue weighted by Crippen LogP contribution is -2.65. The molecule has 24 heavy (non-hydrogen) atoms. The number of nitrogens with zero attached hydrogens (tertiary/aromatic N) is 3. The fraction of sp³-hybridized carbons (Fsp3) is 0.706. The fourth-order valence-corrected chi connectivity index (χ4v) is 3.65. The first-order valence-corrected chi connectivity index (χ1v) is 8.88. The summed E-state index contributed by atoms with van der Waals surface area (Å²) >= 11 is 0. The number of rotatable bonds is 4. The van der Waals surface area contributed by atoms with E-state index in [1.807, 2.05) is 4.90 Å². The van der Waals surface area contributed by atoms with Crippen LogP contribution in [0.5, 0.6) is 0 Å². The number of aromatic nitrogens is 2. The number of hydrogen-bond acceptors (Lipinski definition) is 4. The number of likely N-dealkylation sites (tertiary alicyclic amines) is 2. The van der Waals surface area contributed by atoms with Gasteiger partial charge in [-0.1, -0.05) is 6.42 Å². The molecule has 7 heteroatoms. The maximum Gasteiger partial charge on any atom is 0.317 e. The third-order valence-corrected chi connectivity index (χ3v) is 5.03. The molecule has 1 unspecified atom stereocenters. The van der Waals surface area contributed by atoms with Crippen molar-refractivity contribution in [1.29, 1.82) is 0 Å². The van der Waals surface area contributed by atoms with E-state index in [2.05, 4.69) is 27.1 Å². The van der Waals surface area contributed by atoms with E-state index >= 15 is 0 Å². The zero-order valence-corrected chi connectivity index (χ0v) is 14.5. The topological polar surface area (TPSA) is 81.3 Å². The van der Waals surface area contributed by atoms with Crippen LogP contribution in [0.4, 0.5) is 4.79 Å². The number of H-pyrrole nitrogens is 1. The van der Waals surface area contributed by atoms with E-state index < -0.39 is 0 Å². The van der Waals surface area contributed by atoms with Gasteiger partial charge in [-0.05, 0) is 33.2 Å². The average Bonchev–Trinajstić information content (AvgIpc) is 2.46. The van der Waals surface area contributed by atoms with Crippen molar-refractivity contribution in [2.75, 3.05) is 26.2 Å². The van der Waals surface area contributed by atoms with Gasteiger partial charge in [0.1, 0.15) is 5.82 Å². The number of carbonyl (C=O) groups is 1. The smallest absolute Gasteiger partial charge is 0.317 e. The quantitative estimate of drug-likeness (QED) is 0.857. The molecular formula is C17H27N5O2. The molecule has 7 nitrogen and oxygen atoms in total. The van der Waals surface area contributed by atoms with Gasteiger partial charge in [0.2, 0.25) is 0 Å². The molecule has 2 amide bonds. The van der Waals surface area contributed by atoms with E-state index in [1.165, 1.54) is 25.3 Å². The van der Waals surface area contributed by atoms with Gasteiger partial charge in [-0.2, -0.15) is 0 Å². The van der Waals surface area contributed by atoms with E-state index in [9.17, 15) is 9.59 Å². The summed E-state index contributed by atoms with van der Waals surface area (Å²) in [4.78, 5) is 34.9. The number of piperidine rings is 1. The van der Waals surface area contributed by atoms with Crippen LogP contribution in [0.15, 0.2) is 10.9 Å². The van der Waals surface area contributed by atoms with E-state index in [-0.39, 0.29) is 11.6 Å². The van der Waals surface area contributed by atoms with Crippen LogP contribution in [0.25, 0.3) is 0 Å². The molecule has 0 radical (unpaired) electrons. The van der Waals surface area contributed by atoms with Crippen molar-refractivity contribution < 1.29 is 4.79 Å². The van der Waals surface area contributed by atoms with Crippen molar-refractivity contribution in [3.05, 3.63) is 27.9 Å². The van der Waals surface area contributed by atoms with E-state index in [4.69, 9.17) is 0 Å². The van der Waals surface area contributed by atoms with Gasteiger partial charge >= 0.3 is 6.03 Å². The van der Waals surface area contributed by atoms with Crippen molar-refractivity contribution >= 4 is 6.03 Å². The van der Waals surface area contributed by atoms with Crippen LogP contribution in [0.1, 0.15) is 37.7 Å². The molecule has 2 fully saturated rings. The summed E-state index contributed by atoms with van der Waals surface area (Å²) in [6, 6.07) is 2.59. The second-order valence-corrected chi connectivity index (χ2v) is 6.96. The van der Waals surface area contributed by atoms with Crippen LogP contribution < -0.4 is 10.9 Å². The van der Waals surface area contributed by atoms with Crippen molar-refractivity contribution in [2.24, 2.45) is 0 Å². The van der Waals surface area contributed by atoms with Gasteiger partial charge in [-0.15, -0.1) is 0 Å². The van der Waals surface area contributed by atoms with Gasteiger partial charge < -0.3 is 15.2 Å². The molecule has 2 N–H and O–H groups in total. The lowest BCUT2D eigenvalue weighted by Gasteiger charge is -2.49. The van der Waals surface area contributed by atoms with Crippen LogP contribution in [-0.4, -0.2) is 64.1 Å². The van der Waals surface area contributed by atoms with E-state index in [0.29, 0.717) is 36.6 Å². The predicted octanol–water partition coefficient (Wildman–Crippen LogP) is 0.889. The molecular weight excluding hydrogens is 306 g/mol. The molecule has 2 saturated heterocycles. The Balaban J connectivity index is 1.40. The number of aryl methyl sites for hydroxylation is 1. The fourth-order valence-electron chi connectivity index (χ4n) is 3.65. The predicted molar refractivity (Wildman–Crippen MR) is 92.1 cm³/mol. The van der Waals surface area contributed by atoms with Gasteiger partial charge in [-0.25, -0.2) is 9.78 Å². The van der Waals surface area contributed by atoms with Crippen molar-refractivity contribution in [3.8, 4) is 0 Å². The van der Waals surface area contributed by atoms with Crippen LogP contribution in [0, 0.1) is 6.92 Å². The molecule has 1 aromatic rings. The number of hydrogen-bond donors (Lipinski definition) is 2. The molecule has 0 saturated carbocycles. The van der Waals surface area contributed by atoms with E-state index in [1.54, 1.807) is 6.92 Å². The second kappa shape index (κ2) is 7.34. The summed E-state index contributed by atoms with van der Waals surface area (Å²) < 4.78 is 0. The Labute approximate surface area is 142 Å². The van der Waals surface area contributed by atoms with Crippen LogP contribution in [0.3, 0.4) is 0 Å². The Morgan fingerprint density at radius 2 is 2.21 bits per heavy atom. The van der Waals surface area contributed by atoms with Crippen molar-refractivity contribution in [2.45, 2.75) is 51.6 Å². The van der Waals surface area contributed by atoms with Gasteiger partial charge in [0.25, 0.3) is 5.56 Å². The number of aromatic amines is 1. The summed E-state index contributed by atoms with van der Waals surface area (Å²) in [5.74, 6) is 0.615. The van der Waals surface area contributed by atoms with Crippen LogP contribution >= 0.6 is 0 Å². The summed E-state index contributed by atoms with van der Waals surface area (Å²) in [5, 5.41) is 2.91. The Kier molecular flexibility index (Phi) is 5.18. The molecule has 1 aromatic heterocycles. The highest BCUT2D eigenvalue weighted by atomic mass is 16.2. The third-order valence-electron chi connectivity index (χ3n) is 5.03. The molecule has 0 spiro atoms. The number of urea groups is 1. The van der Waals surface area contributed by atoms with Gasteiger partial charge in [0.05, 0.1) is 0 Å². The van der Waals surface area contributed by atoms with Gasteiger partial charge in [0.15, 0.2) is 0 Å². The standard InChI is InChI=1S/C17H27N5O2/c1-12-9-16(23)20-15(19-12)6-7-18-17(24)21-10-14(11-21)22-8-4-3-5-13(22)2/h9,13-14H,3-8,10-11H2,1-2H3,(H,18,24)(H,19,20,23). The summed E-state index contributed by atoms with van der Waals surface area (Å²) in [5.41, 5.74) is 0.548. The van der Waals surface area contributed by atoms with Gasteiger partial charge in [0, 0.05) is 49.9 Å². The SMILES string of the molecule is Cc1cc(=O)[nH]c(CCNC(=O)N2CC(N3CCCCC3C)C2)n1. The zero-order chi connectivity index (χ0) is 17.1. The molecule has 3 rings (SSSR count). The number of carbonyl (C=O) groups excluding carboxylic acids is 1. The molecule has 3 heterocycles. The first-order valence-electron chi connectivity index (χ1n) is 8.88. The molecule has 132 valence electrons. The summed E-state index contributed by atoms with van der Waals surface area (Å²) in [6.07, 6.45) is 4.39. The Morgan fingerprint density at radius 1 is 1.42 bits per heavy atom. The molecule has 0 aliphatic carbocycles. The molecule has 0 aromatic carbocycles. The van der Waals surface area contributed by atoms with E-state index in [0.717, 1.165) is 19.6 Å². The third kappa shape index (κ3) is 3.95. The van der Waals surface area contributed by atoms with Gasteiger partial charge in [-0.3, -0.25) is 9.69 Å². The molecule has 0 bridgehead atoms. The number of nitrogens with one attached hydrogen (secondary N) is 2. The monoisotopic (exact) mass is 333 g/mol. The zero-order valence-electron chi connectivity index (χ0n) is 14.5. The summed E-state index contributed by atoms with van der Waals surface area (Å²) in [7, 11) is 0. The Hall–Kier alpha value is -1.89. The highest BCUT2D eigenvalue weighted by Crippen LogP contribution is 2.24. The maximum absolute atomic E-state index is 12.2. The minimum atomic E-state index is -0.148. The normalized spacial score (nSPS) is 22.2. The first kappa shape index (κ1) is 17.0. The minimum Gasteiger partial charge on any atom is -0.338 e. The van der Waals surface area contributed by atoms with Crippen molar-refractivity contribution in [1.82, 2.24) is 25.1 Å². The van der Waals surface area contributed by atoms with Crippen LogP contribution in [-0.2, 0) is 6.42 Å². The maximum atomic E-state index is 12.2. The highest BCUT2D eigenvalue weighted by molar-refractivity contribution is 5.75. The molecule has 1 atom stereocenters. The molecule has 2 aliphatic rings. The molecule has 2 aliphatic heterocycles. The lowest BCUT2D eigenvalue weighted by atomic mass is 9.98. The average molecular weight is 333 g/mol. The van der Waals surface area contributed by atoms with Crippen LogP contribution in [0.2, 0.25) is 0 Å². The summed E-state index contributed by atoms with van der Waals surface area (Å²) in [6.45, 7) is 7.35. The highest BCUT2D eigenvalue weighted by Gasteiger charge is 2.37. The largest absolute Gasteiger partial charge is 0.338 e. The lowest BCUT2D eigenvalue weighted by molar-refractivity contribution is 0.0170. The van der Waals surface area contributed by atoms with Crippen molar-refractivity contribution in [3.63, 3.8) is 0 Å². The Bertz CT molecular complexity index is 638. The second-order valence-electron chi connectivity index (χ2n) is 6.96. The first-order chi connectivity index (χ1) is 11.5. The number of amides is 2.